The predicted molar refractivity (Wildman–Crippen MR) is 76.5 cm³/mol. The maximum absolute atomic E-state index is 5.23. The van der Waals surface area contributed by atoms with Crippen molar-refractivity contribution >= 4 is 23.0 Å². The van der Waals surface area contributed by atoms with Gasteiger partial charge in [-0.05, 0) is 37.2 Å². The summed E-state index contributed by atoms with van der Waals surface area (Å²) in [6.07, 6.45) is 1.14. The zero-order valence-electron chi connectivity index (χ0n) is 10.6. The molecule has 1 rings (SSSR count). The Morgan fingerprint density at radius 1 is 1.41 bits per heavy atom. The first kappa shape index (κ1) is 13.9. The van der Waals surface area contributed by atoms with Crippen LogP contribution in [0, 0.1) is 0 Å². The van der Waals surface area contributed by atoms with Crippen LogP contribution in [0.2, 0.25) is 0 Å². The first-order valence-corrected chi connectivity index (χ1v) is 6.23. The molecule has 0 fully saturated rings. The van der Waals surface area contributed by atoms with Gasteiger partial charge in [0.25, 0.3) is 0 Å². The monoisotopic (exact) mass is 252 g/mol. The first-order chi connectivity index (χ1) is 8.17. The molecule has 0 aliphatic heterocycles. The quantitative estimate of drug-likeness (QED) is 0.789. The van der Waals surface area contributed by atoms with E-state index in [1.807, 2.05) is 25.1 Å². The number of aryl methyl sites for hydroxylation is 1. The van der Waals surface area contributed by atoms with Gasteiger partial charge in [0.1, 0.15) is 0 Å². The van der Waals surface area contributed by atoms with Gasteiger partial charge in [-0.3, -0.25) is 0 Å². The molecule has 1 unspecified atom stereocenters. The van der Waals surface area contributed by atoms with E-state index in [1.54, 1.807) is 7.11 Å². The summed E-state index contributed by atoms with van der Waals surface area (Å²) in [5, 5.41) is 6.97. The standard InChI is InChI=1S/C13H20N2OS/c1-4-11-7-5-6-8-12(11)15-13(17)14-9-10(2)16-3/h5-8,10H,4,9H2,1-3H3,(H2,14,15,17). The molecule has 0 heterocycles. The molecule has 0 amide bonds. The van der Waals surface area contributed by atoms with Gasteiger partial charge in [0.05, 0.1) is 6.10 Å². The molecular formula is C13H20N2OS. The van der Waals surface area contributed by atoms with E-state index in [1.165, 1.54) is 5.56 Å². The van der Waals surface area contributed by atoms with E-state index in [9.17, 15) is 0 Å². The fourth-order valence-electron chi connectivity index (χ4n) is 1.44. The highest BCUT2D eigenvalue weighted by Crippen LogP contribution is 2.14. The fraction of sp³-hybridized carbons (Fsp3) is 0.462. The maximum Gasteiger partial charge on any atom is 0.170 e. The third kappa shape index (κ3) is 4.71. The van der Waals surface area contributed by atoms with Gasteiger partial charge in [0, 0.05) is 19.3 Å². The second-order valence-electron chi connectivity index (χ2n) is 3.89. The Kier molecular flexibility index (Phi) is 5.94. The van der Waals surface area contributed by atoms with E-state index in [4.69, 9.17) is 17.0 Å². The zero-order valence-corrected chi connectivity index (χ0v) is 11.4. The number of benzene rings is 1. The predicted octanol–water partition coefficient (Wildman–Crippen LogP) is 2.57. The topological polar surface area (TPSA) is 33.3 Å². The highest BCUT2D eigenvalue weighted by Gasteiger charge is 2.03. The molecule has 0 spiro atoms. The van der Waals surface area contributed by atoms with Crippen LogP contribution in [0.1, 0.15) is 19.4 Å². The summed E-state index contributed by atoms with van der Waals surface area (Å²) in [7, 11) is 1.69. The Morgan fingerprint density at radius 2 is 2.12 bits per heavy atom. The summed E-state index contributed by atoms with van der Waals surface area (Å²) in [5.41, 5.74) is 2.33. The molecule has 3 nitrogen and oxygen atoms in total. The van der Waals surface area contributed by atoms with Crippen LogP contribution < -0.4 is 10.6 Å². The lowest BCUT2D eigenvalue weighted by Gasteiger charge is -2.15. The van der Waals surface area contributed by atoms with E-state index in [0.29, 0.717) is 11.7 Å². The SMILES string of the molecule is CCc1ccccc1NC(=S)NCC(C)OC. The van der Waals surface area contributed by atoms with E-state index < -0.39 is 0 Å². The van der Waals surface area contributed by atoms with E-state index in [0.717, 1.165) is 12.1 Å². The minimum absolute atomic E-state index is 0.149. The average molecular weight is 252 g/mol. The second-order valence-corrected chi connectivity index (χ2v) is 4.30. The smallest absolute Gasteiger partial charge is 0.170 e. The molecule has 1 aromatic rings. The van der Waals surface area contributed by atoms with Crippen LogP contribution in [0.5, 0.6) is 0 Å². The summed E-state index contributed by atoms with van der Waals surface area (Å²) >= 11 is 5.23. The van der Waals surface area contributed by atoms with Gasteiger partial charge in [-0.1, -0.05) is 25.1 Å². The van der Waals surface area contributed by atoms with Crippen LogP contribution in [0.25, 0.3) is 0 Å². The summed E-state index contributed by atoms with van der Waals surface area (Å²) in [5.74, 6) is 0. The number of nitrogens with one attached hydrogen (secondary N) is 2. The lowest BCUT2D eigenvalue weighted by Crippen LogP contribution is -2.34. The first-order valence-electron chi connectivity index (χ1n) is 5.83. The summed E-state index contributed by atoms with van der Waals surface area (Å²) in [4.78, 5) is 0. The van der Waals surface area contributed by atoms with Crippen LogP contribution in [0.4, 0.5) is 5.69 Å². The summed E-state index contributed by atoms with van der Waals surface area (Å²) in [6.45, 7) is 4.83. The van der Waals surface area contributed by atoms with Gasteiger partial charge in [0.15, 0.2) is 5.11 Å². The fourth-order valence-corrected chi connectivity index (χ4v) is 1.63. The molecule has 0 saturated heterocycles. The third-order valence-corrected chi connectivity index (χ3v) is 2.85. The third-order valence-electron chi connectivity index (χ3n) is 2.60. The van der Waals surface area contributed by atoms with Crippen molar-refractivity contribution in [3.8, 4) is 0 Å². The molecule has 0 bridgehead atoms. The number of methoxy groups -OCH3 is 1. The van der Waals surface area contributed by atoms with Gasteiger partial charge in [-0.2, -0.15) is 0 Å². The zero-order chi connectivity index (χ0) is 12.7. The molecule has 17 heavy (non-hydrogen) atoms. The van der Waals surface area contributed by atoms with Gasteiger partial charge in [-0.25, -0.2) is 0 Å². The number of hydrogen-bond acceptors (Lipinski definition) is 2. The maximum atomic E-state index is 5.23. The van der Waals surface area contributed by atoms with E-state index in [-0.39, 0.29) is 6.10 Å². The Morgan fingerprint density at radius 3 is 2.76 bits per heavy atom. The molecule has 0 aliphatic rings. The molecule has 1 aromatic carbocycles. The van der Waals surface area contributed by atoms with Gasteiger partial charge in [0.2, 0.25) is 0 Å². The molecule has 0 radical (unpaired) electrons. The molecule has 0 aromatic heterocycles. The molecule has 2 N–H and O–H groups in total. The van der Waals surface area contributed by atoms with E-state index >= 15 is 0 Å². The van der Waals surface area contributed by atoms with Crippen LogP contribution in [-0.2, 0) is 11.2 Å². The number of hydrogen-bond donors (Lipinski definition) is 2. The van der Waals surface area contributed by atoms with Crippen molar-refractivity contribution in [3.63, 3.8) is 0 Å². The van der Waals surface area contributed by atoms with Crippen LogP contribution in [0.15, 0.2) is 24.3 Å². The molecule has 4 heteroatoms. The molecular weight excluding hydrogens is 232 g/mol. The number of anilines is 1. The largest absolute Gasteiger partial charge is 0.380 e. The van der Waals surface area contributed by atoms with Crippen molar-refractivity contribution < 1.29 is 4.74 Å². The van der Waals surface area contributed by atoms with Crippen molar-refractivity contribution in [1.82, 2.24) is 5.32 Å². The minimum Gasteiger partial charge on any atom is -0.380 e. The second kappa shape index (κ2) is 7.25. The van der Waals surface area contributed by atoms with Crippen LogP contribution in [0.3, 0.4) is 0 Å². The van der Waals surface area contributed by atoms with Gasteiger partial charge < -0.3 is 15.4 Å². The van der Waals surface area contributed by atoms with Crippen molar-refractivity contribution in [2.24, 2.45) is 0 Å². The molecule has 1 atom stereocenters. The Hall–Kier alpha value is -1.13. The highest BCUT2D eigenvalue weighted by molar-refractivity contribution is 7.80. The van der Waals surface area contributed by atoms with Crippen LogP contribution in [-0.4, -0.2) is 24.9 Å². The number of rotatable bonds is 5. The van der Waals surface area contributed by atoms with E-state index in [2.05, 4.69) is 23.6 Å². The normalized spacial score (nSPS) is 11.9. The lowest BCUT2D eigenvalue weighted by molar-refractivity contribution is 0.121. The average Bonchev–Trinajstić information content (AvgIpc) is 2.36. The lowest BCUT2D eigenvalue weighted by atomic mass is 10.1. The van der Waals surface area contributed by atoms with Crippen molar-refractivity contribution in [2.75, 3.05) is 19.0 Å². The Balaban J connectivity index is 2.50. The molecule has 0 aliphatic carbocycles. The number of thiocarbonyl (C=S) groups is 1. The molecule has 0 saturated carbocycles. The summed E-state index contributed by atoms with van der Waals surface area (Å²) < 4.78 is 5.15. The van der Waals surface area contributed by atoms with Crippen molar-refractivity contribution in [2.45, 2.75) is 26.4 Å². The number of para-hydroxylation sites is 1. The Bertz CT molecular complexity index is 368. The minimum atomic E-state index is 0.149. The molecule has 94 valence electrons. The number of ether oxygens (including phenoxy) is 1. The van der Waals surface area contributed by atoms with Crippen LogP contribution >= 0.6 is 12.2 Å². The summed E-state index contributed by atoms with van der Waals surface area (Å²) in [6, 6.07) is 8.17. The van der Waals surface area contributed by atoms with Crippen molar-refractivity contribution in [3.05, 3.63) is 29.8 Å². The Labute approximate surface area is 109 Å². The highest BCUT2D eigenvalue weighted by atomic mass is 32.1. The van der Waals surface area contributed by atoms with Crippen molar-refractivity contribution in [1.29, 1.82) is 0 Å². The van der Waals surface area contributed by atoms with Gasteiger partial charge >= 0.3 is 0 Å². The van der Waals surface area contributed by atoms with Gasteiger partial charge in [-0.15, -0.1) is 0 Å².